The number of hydrogen-bond acceptors (Lipinski definition) is 2. The van der Waals surface area contributed by atoms with E-state index in [1.54, 1.807) is 6.92 Å². The van der Waals surface area contributed by atoms with Gasteiger partial charge in [0.15, 0.2) is 0 Å². The second-order valence-corrected chi connectivity index (χ2v) is 3.02. The van der Waals surface area contributed by atoms with Crippen molar-refractivity contribution in [2.75, 3.05) is 0 Å². The topological polar surface area (TPSA) is 46.2 Å². The van der Waals surface area contributed by atoms with Crippen LogP contribution >= 0.6 is 24.0 Å². The molecule has 3 N–H and O–H groups in total. The fraction of sp³-hybridized carbons (Fsp3) is 0.250. The highest BCUT2D eigenvalue weighted by molar-refractivity contribution is 6.32. The molecular formula is C8H10Cl2FNO. The van der Waals surface area contributed by atoms with Gasteiger partial charge >= 0.3 is 0 Å². The molecule has 5 heteroatoms. The summed E-state index contributed by atoms with van der Waals surface area (Å²) in [5.41, 5.74) is 5.79. The second-order valence-electron chi connectivity index (χ2n) is 2.61. The predicted octanol–water partition coefficient (Wildman–Crippen LogP) is 2.63. The van der Waals surface area contributed by atoms with Gasteiger partial charge in [0.1, 0.15) is 11.6 Å². The molecule has 74 valence electrons. The molecule has 0 unspecified atom stereocenters. The zero-order valence-electron chi connectivity index (χ0n) is 6.92. The van der Waals surface area contributed by atoms with Gasteiger partial charge in [0.25, 0.3) is 0 Å². The number of phenols is 1. The molecule has 0 saturated heterocycles. The van der Waals surface area contributed by atoms with Crippen LogP contribution in [0.5, 0.6) is 5.75 Å². The molecule has 0 aromatic heterocycles. The first kappa shape index (κ1) is 12.5. The molecule has 0 heterocycles. The van der Waals surface area contributed by atoms with Crippen LogP contribution in [0.4, 0.5) is 4.39 Å². The third-order valence-electron chi connectivity index (χ3n) is 1.55. The third kappa shape index (κ3) is 2.72. The highest BCUT2D eigenvalue weighted by Crippen LogP contribution is 2.31. The molecule has 13 heavy (non-hydrogen) atoms. The average molecular weight is 226 g/mol. The van der Waals surface area contributed by atoms with Gasteiger partial charge in [-0.3, -0.25) is 0 Å². The van der Waals surface area contributed by atoms with E-state index in [0.29, 0.717) is 5.56 Å². The Bertz CT molecular complexity index is 304. The molecule has 1 aromatic rings. The van der Waals surface area contributed by atoms with Crippen molar-refractivity contribution >= 4 is 24.0 Å². The first-order valence-corrected chi connectivity index (χ1v) is 3.83. The molecule has 0 aliphatic carbocycles. The van der Waals surface area contributed by atoms with Crippen LogP contribution in [0.3, 0.4) is 0 Å². The normalized spacial score (nSPS) is 12.0. The summed E-state index contributed by atoms with van der Waals surface area (Å²) in [5.74, 6) is -0.641. The number of rotatable bonds is 1. The lowest BCUT2D eigenvalue weighted by Gasteiger charge is -2.09. The van der Waals surface area contributed by atoms with Crippen molar-refractivity contribution in [2.24, 2.45) is 5.73 Å². The molecule has 1 rings (SSSR count). The summed E-state index contributed by atoms with van der Waals surface area (Å²) in [6.07, 6.45) is 0. The van der Waals surface area contributed by atoms with E-state index in [1.807, 2.05) is 0 Å². The van der Waals surface area contributed by atoms with Crippen molar-refractivity contribution in [2.45, 2.75) is 13.0 Å². The van der Waals surface area contributed by atoms with Crippen molar-refractivity contribution in [3.63, 3.8) is 0 Å². The summed E-state index contributed by atoms with van der Waals surface area (Å²) in [6.45, 7) is 1.64. The minimum absolute atomic E-state index is 0. The van der Waals surface area contributed by atoms with Gasteiger partial charge < -0.3 is 10.8 Å². The van der Waals surface area contributed by atoms with Crippen molar-refractivity contribution < 1.29 is 9.50 Å². The quantitative estimate of drug-likeness (QED) is 0.773. The average Bonchev–Trinajstić information content (AvgIpc) is 1.96. The van der Waals surface area contributed by atoms with Crippen LogP contribution < -0.4 is 5.73 Å². The number of phenolic OH excluding ortho intramolecular Hbond substituents is 1. The van der Waals surface area contributed by atoms with Crippen molar-refractivity contribution in [1.82, 2.24) is 0 Å². The SMILES string of the molecule is C[C@H](N)c1cc(F)cc(Cl)c1O.Cl. The van der Waals surface area contributed by atoms with E-state index in [-0.39, 0.29) is 23.2 Å². The molecule has 1 aromatic carbocycles. The molecule has 0 fully saturated rings. The van der Waals surface area contributed by atoms with Crippen LogP contribution in [0.25, 0.3) is 0 Å². The fourth-order valence-corrected chi connectivity index (χ4v) is 1.15. The Labute approximate surface area is 86.9 Å². The standard InChI is InChI=1S/C8H9ClFNO.ClH/c1-4(11)6-2-5(10)3-7(9)8(6)12;/h2-4,12H,11H2,1H3;1H/t4-;/m0./s1. The van der Waals surface area contributed by atoms with Gasteiger partial charge in [-0.25, -0.2) is 4.39 Å². The largest absolute Gasteiger partial charge is 0.506 e. The summed E-state index contributed by atoms with van der Waals surface area (Å²) in [7, 11) is 0. The maximum Gasteiger partial charge on any atom is 0.139 e. The zero-order valence-corrected chi connectivity index (χ0v) is 8.49. The number of hydrogen-bond donors (Lipinski definition) is 2. The van der Waals surface area contributed by atoms with Gasteiger partial charge in [-0.2, -0.15) is 0 Å². The molecule has 0 aliphatic rings. The Hall–Kier alpha value is -0.510. The predicted molar refractivity (Wildman–Crippen MR) is 52.9 cm³/mol. The van der Waals surface area contributed by atoms with E-state index < -0.39 is 11.9 Å². The van der Waals surface area contributed by atoms with Crippen molar-refractivity contribution in [1.29, 1.82) is 0 Å². The third-order valence-corrected chi connectivity index (χ3v) is 1.84. The number of benzene rings is 1. The van der Waals surface area contributed by atoms with E-state index in [1.165, 1.54) is 6.07 Å². The first-order chi connectivity index (χ1) is 5.52. The van der Waals surface area contributed by atoms with Crippen LogP contribution in [0.1, 0.15) is 18.5 Å². The van der Waals surface area contributed by atoms with Crippen LogP contribution in [-0.4, -0.2) is 5.11 Å². The summed E-state index contributed by atoms with van der Waals surface area (Å²) in [6, 6.07) is 1.78. The van der Waals surface area contributed by atoms with Gasteiger partial charge in [0.2, 0.25) is 0 Å². The molecule has 2 nitrogen and oxygen atoms in total. The van der Waals surface area contributed by atoms with Crippen LogP contribution in [0.2, 0.25) is 5.02 Å². The first-order valence-electron chi connectivity index (χ1n) is 3.46. The summed E-state index contributed by atoms with van der Waals surface area (Å²) >= 11 is 5.52. The van der Waals surface area contributed by atoms with Gasteiger partial charge in [-0.05, 0) is 19.1 Å². The highest BCUT2D eigenvalue weighted by Gasteiger charge is 2.11. The number of aromatic hydroxyl groups is 1. The van der Waals surface area contributed by atoms with Crippen LogP contribution in [-0.2, 0) is 0 Å². The lowest BCUT2D eigenvalue weighted by atomic mass is 10.1. The van der Waals surface area contributed by atoms with E-state index >= 15 is 0 Å². The molecule has 0 saturated carbocycles. The highest BCUT2D eigenvalue weighted by atomic mass is 35.5. The molecule has 0 amide bonds. The lowest BCUT2D eigenvalue weighted by molar-refractivity contribution is 0.461. The Kier molecular flexibility index (Phi) is 4.47. The lowest BCUT2D eigenvalue weighted by Crippen LogP contribution is -2.05. The van der Waals surface area contributed by atoms with Gasteiger partial charge in [-0.1, -0.05) is 11.6 Å². The monoisotopic (exact) mass is 225 g/mol. The minimum Gasteiger partial charge on any atom is -0.506 e. The van der Waals surface area contributed by atoms with E-state index in [0.717, 1.165) is 6.07 Å². The second kappa shape index (κ2) is 4.65. The molecule has 0 aliphatic heterocycles. The number of halogens is 3. The maximum absolute atomic E-state index is 12.7. The minimum atomic E-state index is -0.495. The Morgan fingerprint density at radius 1 is 1.54 bits per heavy atom. The molecule has 1 atom stereocenters. The zero-order chi connectivity index (χ0) is 9.30. The van der Waals surface area contributed by atoms with Crippen LogP contribution in [0, 0.1) is 5.82 Å². The van der Waals surface area contributed by atoms with Gasteiger partial charge in [0.05, 0.1) is 5.02 Å². The summed E-state index contributed by atoms with van der Waals surface area (Å²) < 4.78 is 12.7. The van der Waals surface area contributed by atoms with E-state index in [2.05, 4.69) is 0 Å². The molecule has 0 spiro atoms. The van der Waals surface area contributed by atoms with E-state index in [4.69, 9.17) is 17.3 Å². The molecule has 0 bridgehead atoms. The summed E-state index contributed by atoms with van der Waals surface area (Å²) in [4.78, 5) is 0. The van der Waals surface area contributed by atoms with Crippen molar-refractivity contribution in [3.05, 3.63) is 28.5 Å². The summed E-state index contributed by atoms with van der Waals surface area (Å²) in [5, 5.41) is 9.30. The van der Waals surface area contributed by atoms with Gasteiger partial charge in [0, 0.05) is 11.6 Å². The molecular weight excluding hydrogens is 216 g/mol. The Morgan fingerprint density at radius 3 is 2.54 bits per heavy atom. The van der Waals surface area contributed by atoms with Crippen molar-refractivity contribution in [3.8, 4) is 5.75 Å². The Morgan fingerprint density at radius 2 is 2.08 bits per heavy atom. The van der Waals surface area contributed by atoms with Gasteiger partial charge in [-0.15, -0.1) is 12.4 Å². The fourth-order valence-electron chi connectivity index (χ4n) is 0.933. The Balaban J connectivity index is 0.00000144. The van der Waals surface area contributed by atoms with Crippen LogP contribution in [0.15, 0.2) is 12.1 Å². The smallest absolute Gasteiger partial charge is 0.139 e. The van der Waals surface area contributed by atoms with E-state index in [9.17, 15) is 9.50 Å². The number of nitrogens with two attached hydrogens (primary N) is 1. The molecule has 0 radical (unpaired) electrons. The maximum atomic E-state index is 12.7.